The van der Waals surface area contributed by atoms with E-state index in [2.05, 4.69) is 29.4 Å². The molecule has 0 radical (unpaired) electrons. The maximum Gasteiger partial charge on any atom is 0.191 e. The predicted molar refractivity (Wildman–Crippen MR) is 133 cm³/mol. The quantitative estimate of drug-likeness (QED) is 0.257. The molecule has 1 heterocycles. The van der Waals surface area contributed by atoms with Crippen molar-refractivity contribution in [1.82, 2.24) is 15.5 Å². The third-order valence-electron chi connectivity index (χ3n) is 5.44. The van der Waals surface area contributed by atoms with Gasteiger partial charge in [0.2, 0.25) is 0 Å². The monoisotopic (exact) mass is 534 g/mol. The van der Waals surface area contributed by atoms with Gasteiger partial charge in [-0.05, 0) is 64.9 Å². The fraction of sp³-hybridized carbons (Fsp3) is 0.682. The number of aliphatic hydroxyl groups is 1. The molecule has 0 saturated carbocycles. The van der Waals surface area contributed by atoms with Crippen LogP contribution in [-0.2, 0) is 0 Å². The van der Waals surface area contributed by atoms with Crippen molar-refractivity contribution in [2.75, 3.05) is 46.9 Å². The first-order valence-electron chi connectivity index (χ1n) is 10.6. The molecule has 0 aliphatic carbocycles. The molecule has 8 heteroatoms. The molecule has 1 unspecified atom stereocenters. The van der Waals surface area contributed by atoms with Crippen LogP contribution in [0.3, 0.4) is 0 Å². The predicted octanol–water partition coefficient (Wildman–Crippen LogP) is 3.17. The van der Waals surface area contributed by atoms with Crippen LogP contribution in [0.5, 0.6) is 11.5 Å². The van der Waals surface area contributed by atoms with Crippen molar-refractivity contribution < 1.29 is 14.6 Å². The highest BCUT2D eigenvalue weighted by Crippen LogP contribution is 2.29. The second kappa shape index (κ2) is 13.2. The van der Waals surface area contributed by atoms with Crippen molar-refractivity contribution in [2.24, 2.45) is 4.99 Å². The molecule has 1 aliphatic rings. The first-order valence-corrected chi connectivity index (χ1v) is 10.6. The van der Waals surface area contributed by atoms with Gasteiger partial charge in [-0.3, -0.25) is 9.89 Å². The van der Waals surface area contributed by atoms with Gasteiger partial charge < -0.3 is 25.2 Å². The van der Waals surface area contributed by atoms with E-state index in [1.165, 1.54) is 19.3 Å². The lowest BCUT2D eigenvalue weighted by atomic mass is 9.99. The number of aliphatic imine (C=N–C) groups is 1. The highest BCUT2D eigenvalue weighted by Gasteiger charge is 2.27. The number of nitrogens with zero attached hydrogens (tertiary/aromatic N) is 2. The lowest BCUT2D eigenvalue weighted by Gasteiger charge is -2.40. The zero-order chi connectivity index (χ0) is 21.3. The molecule has 0 aromatic heterocycles. The van der Waals surface area contributed by atoms with Crippen molar-refractivity contribution in [1.29, 1.82) is 0 Å². The Morgan fingerprint density at radius 2 is 1.87 bits per heavy atom. The minimum absolute atomic E-state index is 0. The van der Waals surface area contributed by atoms with Crippen LogP contribution in [0, 0.1) is 0 Å². The summed E-state index contributed by atoms with van der Waals surface area (Å²) < 4.78 is 10.7. The van der Waals surface area contributed by atoms with Gasteiger partial charge in [0.05, 0.1) is 26.9 Å². The number of methoxy groups -OCH3 is 2. The van der Waals surface area contributed by atoms with Crippen LogP contribution in [0.4, 0.5) is 0 Å². The van der Waals surface area contributed by atoms with Crippen LogP contribution >= 0.6 is 24.0 Å². The molecule has 30 heavy (non-hydrogen) atoms. The molecule has 1 atom stereocenters. The van der Waals surface area contributed by atoms with E-state index in [0.717, 1.165) is 19.6 Å². The summed E-state index contributed by atoms with van der Waals surface area (Å²) >= 11 is 0. The van der Waals surface area contributed by atoms with Gasteiger partial charge >= 0.3 is 0 Å². The van der Waals surface area contributed by atoms with E-state index in [9.17, 15) is 5.11 Å². The number of rotatable bonds is 9. The van der Waals surface area contributed by atoms with Crippen LogP contribution in [0.25, 0.3) is 0 Å². The molecule has 1 aromatic rings. The number of piperidine rings is 1. The molecule has 172 valence electrons. The Balaban J connectivity index is 0.00000450. The molecule has 1 aromatic carbocycles. The molecular formula is C22H39IN4O3. The largest absolute Gasteiger partial charge is 0.497 e. The van der Waals surface area contributed by atoms with Gasteiger partial charge in [-0.1, -0.05) is 6.42 Å². The summed E-state index contributed by atoms with van der Waals surface area (Å²) in [4.78, 5) is 7.32. The number of guanidine groups is 1. The third kappa shape index (κ3) is 7.77. The number of ether oxygens (including phenoxy) is 2. The van der Waals surface area contributed by atoms with Gasteiger partial charge in [0.1, 0.15) is 11.5 Å². The van der Waals surface area contributed by atoms with E-state index < -0.39 is 6.10 Å². The Labute approximate surface area is 198 Å². The van der Waals surface area contributed by atoms with Gasteiger partial charge in [-0.25, -0.2) is 0 Å². The minimum atomic E-state index is -0.751. The molecule has 0 amide bonds. The Hall–Kier alpha value is -1.26. The van der Waals surface area contributed by atoms with E-state index >= 15 is 0 Å². The summed E-state index contributed by atoms with van der Waals surface area (Å²) in [7, 11) is 3.20. The summed E-state index contributed by atoms with van der Waals surface area (Å²) in [5, 5.41) is 17.2. The molecule has 0 spiro atoms. The zero-order valence-corrected chi connectivity index (χ0v) is 21.4. The SMILES string of the molecule is CCNC(=NCC(C)(C)N1CCCCC1)NCC(O)c1cc(OC)ccc1OC.I. The second-order valence-corrected chi connectivity index (χ2v) is 8.06. The average molecular weight is 534 g/mol. The molecule has 1 aliphatic heterocycles. The number of hydrogen-bond donors (Lipinski definition) is 3. The number of aliphatic hydroxyl groups excluding tert-OH is 1. The molecule has 7 nitrogen and oxygen atoms in total. The number of benzene rings is 1. The van der Waals surface area contributed by atoms with E-state index in [-0.39, 0.29) is 29.5 Å². The van der Waals surface area contributed by atoms with Crippen molar-refractivity contribution in [3.05, 3.63) is 23.8 Å². The van der Waals surface area contributed by atoms with Crippen molar-refractivity contribution in [3.63, 3.8) is 0 Å². The highest BCUT2D eigenvalue weighted by atomic mass is 127. The maximum atomic E-state index is 10.7. The zero-order valence-electron chi connectivity index (χ0n) is 19.0. The molecule has 1 fully saturated rings. The highest BCUT2D eigenvalue weighted by molar-refractivity contribution is 14.0. The number of nitrogens with one attached hydrogen (secondary N) is 2. The Bertz CT molecular complexity index is 664. The standard InChI is InChI=1S/C22H38N4O3.HI/c1-6-23-21(25-16-22(2,3)26-12-8-7-9-13-26)24-15-19(27)18-14-17(28-4)10-11-20(18)29-5;/h10-11,14,19,27H,6-9,12-13,15-16H2,1-5H3,(H2,23,24,25);1H. The van der Waals surface area contributed by atoms with E-state index in [0.29, 0.717) is 36.1 Å². The molecule has 1 saturated heterocycles. The van der Waals surface area contributed by atoms with Gasteiger partial charge in [-0.2, -0.15) is 0 Å². The van der Waals surface area contributed by atoms with Gasteiger partial charge in [-0.15, -0.1) is 24.0 Å². The Morgan fingerprint density at radius 3 is 2.47 bits per heavy atom. The van der Waals surface area contributed by atoms with Crippen molar-refractivity contribution in [2.45, 2.75) is 51.7 Å². The third-order valence-corrected chi connectivity index (χ3v) is 5.44. The van der Waals surface area contributed by atoms with Crippen LogP contribution in [-0.4, -0.2) is 68.4 Å². The van der Waals surface area contributed by atoms with Gasteiger partial charge in [0.25, 0.3) is 0 Å². The first kappa shape index (κ1) is 26.8. The summed E-state index contributed by atoms with van der Waals surface area (Å²) in [5.74, 6) is 2.02. The van der Waals surface area contributed by atoms with Crippen molar-refractivity contribution in [3.8, 4) is 11.5 Å². The first-order chi connectivity index (χ1) is 13.9. The van der Waals surface area contributed by atoms with Crippen LogP contribution in [0.15, 0.2) is 23.2 Å². The minimum Gasteiger partial charge on any atom is -0.497 e. The van der Waals surface area contributed by atoms with Crippen LogP contribution in [0.1, 0.15) is 51.7 Å². The fourth-order valence-electron chi connectivity index (χ4n) is 3.62. The van der Waals surface area contributed by atoms with E-state index in [1.807, 2.05) is 13.0 Å². The fourth-order valence-corrected chi connectivity index (χ4v) is 3.62. The Morgan fingerprint density at radius 1 is 1.17 bits per heavy atom. The summed E-state index contributed by atoms with van der Waals surface area (Å²) in [6.07, 6.45) is 3.10. The number of hydrogen-bond acceptors (Lipinski definition) is 5. The van der Waals surface area contributed by atoms with Crippen LogP contribution in [0.2, 0.25) is 0 Å². The lowest BCUT2D eigenvalue weighted by molar-refractivity contribution is 0.102. The van der Waals surface area contributed by atoms with Crippen LogP contribution < -0.4 is 20.1 Å². The van der Waals surface area contributed by atoms with E-state index in [1.54, 1.807) is 26.4 Å². The average Bonchev–Trinajstić information content (AvgIpc) is 2.75. The summed E-state index contributed by atoms with van der Waals surface area (Å²) in [5.41, 5.74) is 0.695. The lowest BCUT2D eigenvalue weighted by Crippen LogP contribution is -2.49. The smallest absolute Gasteiger partial charge is 0.191 e. The normalized spacial score (nSPS) is 16.4. The Kier molecular flexibility index (Phi) is 11.8. The van der Waals surface area contributed by atoms with Crippen molar-refractivity contribution >= 4 is 29.9 Å². The van der Waals surface area contributed by atoms with E-state index in [4.69, 9.17) is 14.5 Å². The molecule has 3 N–H and O–H groups in total. The van der Waals surface area contributed by atoms with Gasteiger partial charge in [0, 0.05) is 24.2 Å². The topological polar surface area (TPSA) is 78.4 Å². The number of likely N-dealkylation sites (tertiary alicyclic amines) is 1. The molecular weight excluding hydrogens is 495 g/mol. The molecule has 2 rings (SSSR count). The summed E-state index contributed by atoms with van der Waals surface area (Å²) in [6, 6.07) is 5.42. The summed E-state index contributed by atoms with van der Waals surface area (Å²) in [6.45, 7) is 10.6. The molecule has 0 bridgehead atoms. The van der Waals surface area contributed by atoms with Gasteiger partial charge in [0.15, 0.2) is 5.96 Å². The number of halogens is 1. The second-order valence-electron chi connectivity index (χ2n) is 8.06. The maximum absolute atomic E-state index is 10.7.